The van der Waals surface area contributed by atoms with Gasteiger partial charge < -0.3 is 14.9 Å². The lowest BCUT2D eigenvalue weighted by Gasteiger charge is -2.36. The van der Waals surface area contributed by atoms with Gasteiger partial charge in [-0.3, -0.25) is 4.72 Å². The van der Waals surface area contributed by atoms with Crippen LogP contribution in [0.15, 0.2) is 35.4 Å². The third kappa shape index (κ3) is 5.47. The first-order chi connectivity index (χ1) is 15.7. The lowest BCUT2D eigenvalue weighted by Crippen LogP contribution is -2.41. The van der Waals surface area contributed by atoms with E-state index in [4.69, 9.17) is 0 Å². The number of aryl methyl sites for hydroxylation is 2. The molecule has 1 aromatic carbocycles. The average molecular weight is 473 g/mol. The van der Waals surface area contributed by atoms with Crippen molar-refractivity contribution in [2.45, 2.75) is 44.4 Å². The number of carboxylic acids is 1. The van der Waals surface area contributed by atoms with Crippen molar-refractivity contribution in [3.63, 3.8) is 0 Å². The van der Waals surface area contributed by atoms with Crippen LogP contribution in [0.4, 0.5) is 11.5 Å². The van der Waals surface area contributed by atoms with Gasteiger partial charge in [0.25, 0.3) is 10.0 Å². The number of hydrogen-bond acceptors (Lipinski definition) is 6. The Hall–Kier alpha value is -2.65. The molecule has 2 aliphatic heterocycles. The first kappa shape index (κ1) is 23.5. The number of likely N-dealkylation sites (tertiary alicyclic amines) is 1. The molecule has 2 saturated heterocycles. The fourth-order valence-corrected chi connectivity index (χ4v) is 6.22. The molecule has 2 N–H and O–H groups in total. The van der Waals surface area contributed by atoms with E-state index < -0.39 is 16.0 Å². The molecule has 0 aliphatic carbocycles. The standard InChI is InChI=1S/C24H32N4O4S/c1-17-7-8-18(2)22(12-17)33(31,32)26-21-13-20(24(29)30)14-25-23(21)28-11-5-6-19(16-28)15-27-9-3-4-10-27/h7-8,12-14,19,26H,3-6,9-11,15-16H2,1-2H3,(H,29,30). The number of pyridine rings is 1. The number of rotatable bonds is 7. The number of piperidine rings is 1. The molecule has 2 aliphatic rings. The van der Waals surface area contributed by atoms with E-state index >= 15 is 0 Å². The molecule has 0 spiro atoms. The molecule has 0 bridgehead atoms. The van der Waals surface area contributed by atoms with Gasteiger partial charge in [-0.2, -0.15) is 0 Å². The SMILES string of the molecule is Cc1ccc(C)c(S(=O)(=O)Nc2cc(C(=O)O)cnc2N2CCCC(CN3CCCC3)C2)c1. The van der Waals surface area contributed by atoms with Gasteiger partial charge in [0, 0.05) is 25.8 Å². The minimum atomic E-state index is -3.92. The van der Waals surface area contributed by atoms with Crippen LogP contribution in [0.5, 0.6) is 0 Å². The highest BCUT2D eigenvalue weighted by Gasteiger charge is 2.28. The molecule has 2 aromatic rings. The summed E-state index contributed by atoms with van der Waals surface area (Å²) in [7, 11) is -3.92. The van der Waals surface area contributed by atoms with Crippen molar-refractivity contribution in [3.05, 3.63) is 47.2 Å². The van der Waals surface area contributed by atoms with E-state index in [2.05, 4.69) is 19.5 Å². The van der Waals surface area contributed by atoms with Crippen LogP contribution >= 0.6 is 0 Å². The topological polar surface area (TPSA) is 103 Å². The van der Waals surface area contributed by atoms with Crippen LogP contribution in [-0.2, 0) is 10.0 Å². The Kier molecular flexibility index (Phi) is 6.90. The highest BCUT2D eigenvalue weighted by molar-refractivity contribution is 7.92. The van der Waals surface area contributed by atoms with Crippen molar-refractivity contribution < 1.29 is 18.3 Å². The van der Waals surface area contributed by atoms with Crippen molar-refractivity contribution in [2.24, 2.45) is 5.92 Å². The summed E-state index contributed by atoms with van der Waals surface area (Å²) in [6, 6.07) is 6.63. The fourth-order valence-electron chi connectivity index (χ4n) is 4.83. The average Bonchev–Trinajstić information content (AvgIpc) is 3.28. The Labute approximate surface area is 195 Å². The van der Waals surface area contributed by atoms with Crippen LogP contribution in [0.25, 0.3) is 0 Å². The highest BCUT2D eigenvalue weighted by Crippen LogP contribution is 2.32. The molecule has 0 saturated carbocycles. The minimum Gasteiger partial charge on any atom is -0.478 e. The summed E-state index contributed by atoms with van der Waals surface area (Å²) in [5.41, 5.74) is 1.61. The molecule has 2 fully saturated rings. The van der Waals surface area contributed by atoms with Crippen LogP contribution in [0, 0.1) is 19.8 Å². The molecular weight excluding hydrogens is 440 g/mol. The van der Waals surface area contributed by atoms with E-state index in [-0.39, 0.29) is 16.1 Å². The van der Waals surface area contributed by atoms with Gasteiger partial charge in [-0.1, -0.05) is 12.1 Å². The van der Waals surface area contributed by atoms with Crippen LogP contribution in [0.2, 0.25) is 0 Å². The van der Waals surface area contributed by atoms with Crippen LogP contribution < -0.4 is 9.62 Å². The second-order valence-corrected chi connectivity index (χ2v) is 10.9. The van der Waals surface area contributed by atoms with Gasteiger partial charge in [-0.05, 0) is 81.8 Å². The number of nitrogens with zero attached hydrogens (tertiary/aromatic N) is 3. The van der Waals surface area contributed by atoms with E-state index in [1.807, 2.05) is 13.0 Å². The number of nitrogens with one attached hydrogen (secondary N) is 1. The summed E-state index contributed by atoms with van der Waals surface area (Å²) in [5.74, 6) is -0.187. The van der Waals surface area contributed by atoms with Crippen molar-refractivity contribution in [2.75, 3.05) is 42.3 Å². The van der Waals surface area contributed by atoms with E-state index in [1.165, 1.54) is 25.1 Å². The van der Waals surface area contributed by atoms with Gasteiger partial charge >= 0.3 is 5.97 Å². The summed E-state index contributed by atoms with van der Waals surface area (Å²) in [6.07, 6.45) is 5.92. The quantitative estimate of drug-likeness (QED) is 0.636. The Balaban J connectivity index is 1.63. The molecule has 33 heavy (non-hydrogen) atoms. The molecule has 3 heterocycles. The van der Waals surface area contributed by atoms with Gasteiger partial charge in [0.1, 0.15) is 0 Å². The maximum absolute atomic E-state index is 13.3. The Morgan fingerprint density at radius 2 is 1.91 bits per heavy atom. The van der Waals surface area contributed by atoms with Crippen molar-refractivity contribution in [1.29, 1.82) is 0 Å². The summed E-state index contributed by atoms with van der Waals surface area (Å²) in [6.45, 7) is 8.43. The maximum atomic E-state index is 13.3. The van der Waals surface area contributed by atoms with E-state index in [9.17, 15) is 18.3 Å². The number of aromatic carboxylic acids is 1. The zero-order valence-electron chi connectivity index (χ0n) is 19.2. The lowest BCUT2D eigenvalue weighted by molar-refractivity contribution is 0.0696. The normalized spacial score (nSPS) is 19.6. The van der Waals surface area contributed by atoms with Gasteiger partial charge in [-0.15, -0.1) is 0 Å². The molecule has 9 heteroatoms. The fraction of sp³-hybridized carbons (Fsp3) is 0.500. The number of hydrogen-bond donors (Lipinski definition) is 2. The Bertz CT molecular complexity index is 1130. The summed E-state index contributed by atoms with van der Waals surface area (Å²) >= 11 is 0. The zero-order valence-corrected chi connectivity index (χ0v) is 20.1. The minimum absolute atomic E-state index is 0.0527. The monoisotopic (exact) mass is 472 g/mol. The first-order valence-corrected chi connectivity index (χ1v) is 13.0. The van der Waals surface area contributed by atoms with Crippen molar-refractivity contribution in [1.82, 2.24) is 9.88 Å². The predicted molar refractivity (Wildman–Crippen MR) is 129 cm³/mol. The van der Waals surface area contributed by atoms with E-state index in [0.29, 0.717) is 17.3 Å². The van der Waals surface area contributed by atoms with Gasteiger partial charge in [0.2, 0.25) is 0 Å². The number of benzene rings is 1. The summed E-state index contributed by atoms with van der Waals surface area (Å²) in [4.78, 5) is 20.8. The molecule has 178 valence electrons. The Morgan fingerprint density at radius 3 is 2.64 bits per heavy atom. The summed E-state index contributed by atoms with van der Waals surface area (Å²) in [5, 5.41) is 9.47. The van der Waals surface area contributed by atoms with Crippen molar-refractivity contribution in [3.8, 4) is 0 Å². The number of sulfonamides is 1. The number of carbonyl (C=O) groups is 1. The molecule has 8 nitrogen and oxygen atoms in total. The molecule has 1 atom stereocenters. The van der Waals surface area contributed by atoms with E-state index in [1.54, 1.807) is 19.1 Å². The molecule has 0 radical (unpaired) electrons. The predicted octanol–water partition coefficient (Wildman–Crippen LogP) is 3.51. The molecular formula is C24H32N4O4S. The second kappa shape index (κ2) is 9.69. The zero-order chi connectivity index (χ0) is 23.6. The largest absolute Gasteiger partial charge is 0.478 e. The first-order valence-electron chi connectivity index (χ1n) is 11.5. The molecule has 1 aromatic heterocycles. The highest BCUT2D eigenvalue weighted by atomic mass is 32.2. The van der Waals surface area contributed by atoms with E-state index in [0.717, 1.165) is 51.1 Å². The number of anilines is 2. The summed E-state index contributed by atoms with van der Waals surface area (Å²) < 4.78 is 29.2. The van der Waals surface area contributed by atoms with Gasteiger partial charge in [0.05, 0.1) is 16.1 Å². The molecule has 4 rings (SSSR count). The Morgan fingerprint density at radius 1 is 1.15 bits per heavy atom. The van der Waals surface area contributed by atoms with Crippen LogP contribution in [0.3, 0.4) is 0 Å². The van der Waals surface area contributed by atoms with Crippen molar-refractivity contribution >= 4 is 27.5 Å². The number of carboxylic acid groups (broad SMARTS) is 1. The molecule has 1 unspecified atom stereocenters. The van der Waals surface area contributed by atoms with Crippen LogP contribution in [0.1, 0.15) is 47.2 Å². The smallest absolute Gasteiger partial charge is 0.337 e. The van der Waals surface area contributed by atoms with Crippen LogP contribution in [-0.4, -0.2) is 62.1 Å². The lowest BCUT2D eigenvalue weighted by atomic mass is 9.97. The maximum Gasteiger partial charge on any atom is 0.337 e. The third-order valence-corrected chi connectivity index (χ3v) is 8.03. The number of aromatic nitrogens is 1. The van der Waals surface area contributed by atoms with Gasteiger partial charge in [0.15, 0.2) is 5.82 Å². The second-order valence-electron chi connectivity index (χ2n) is 9.24. The molecule has 0 amide bonds. The third-order valence-electron chi connectivity index (χ3n) is 6.52. The van der Waals surface area contributed by atoms with Gasteiger partial charge in [-0.25, -0.2) is 18.2 Å².